The molecule has 180 valence electrons. The first-order valence-corrected chi connectivity index (χ1v) is 13.2. The topological polar surface area (TPSA) is 80.7 Å². The van der Waals surface area contributed by atoms with Gasteiger partial charge in [-0.15, -0.1) is 5.10 Å². The number of para-hydroxylation sites is 1. The number of benzene rings is 3. The third-order valence-corrected chi connectivity index (χ3v) is 8.12. The molecule has 4 heterocycles. The van der Waals surface area contributed by atoms with Gasteiger partial charge in [0, 0.05) is 21.0 Å². The molecule has 1 amide bonds. The second-order valence-corrected chi connectivity index (χ2v) is 10.7. The molecule has 0 N–H and O–H groups in total. The van der Waals surface area contributed by atoms with Crippen LogP contribution in [0.1, 0.15) is 16.7 Å². The van der Waals surface area contributed by atoms with Crippen molar-refractivity contribution in [2.75, 3.05) is 4.90 Å². The van der Waals surface area contributed by atoms with E-state index in [0.29, 0.717) is 38.8 Å². The fourth-order valence-corrected chi connectivity index (χ4v) is 6.17. The van der Waals surface area contributed by atoms with Crippen LogP contribution in [-0.2, 0) is 11.3 Å². The molecule has 0 aliphatic carbocycles. The largest absolute Gasteiger partial charge is 0.452 e. The summed E-state index contributed by atoms with van der Waals surface area (Å²) in [5.74, 6) is 0.665. The predicted molar refractivity (Wildman–Crippen MR) is 147 cm³/mol. The number of aromatic nitrogens is 3. The highest BCUT2D eigenvalue weighted by atomic mass is 79.9. The Morgan fingerprint density at radius 2 is 1.78 bits per heavy atom. The maximum absolute atomic E-state index is 13.7. The maximum atomic E-state index is 13.7. The number of carbonyl (C=O) groups excluding carboxylic acids is 1. The Bertz CT molecular complexity index is 1990. The van der Waals surface area contributed by atoms with Gasteiger partial charge in [0.25, 0.3) is 11.5 Å². The lowest BCUT2D eigenvalue weighted by atomic mass is 10.1. The summed E-state index contributed by atoms with van der Waals surface area (Å²) in [7, 11) is 0. The number of aryl methyl sites for hydroxylation is 1. The van der Waals surface area contributed by atoms with Crippen LogP contribution in [0.5, 0.6) is 0 Å². The molecule has 1 aliphatic heterocycles. The van der Waals surface area contributed by atoms with Gasteiger partial charge in [-0.05, 0) is 36.8 Å². The Morgan fingerprint density at radius 1 is 1.00 bits per heavy atom. The smallest absolute Gasteiger partial charge is 0.291 e. The number of carbonyl (C=O) groups is 1. The molecule has 0 saturated carbocycles. The van der Waals surface area contributed by atoms with Gasteiger partial charge in [0.05, 0.1) is 17.8 Å². The highest BCUT2D eigenvalue weighted by molar-refractivity contribution is 9.10. The fraction of sp³-hybridized carbons (Fsp3) is 0.0714. The zero-order valence-electron chi connectivity index (χ0n) is 19.4. The molecule has 6 aromatic rings. The number of hydrogen-bond donors (Lipinski definition) is 0. The Morgan fingerprint density at radius 3 is 2.57 bits per heavy atom. The SMILES string of the molecule is Cc1c(-c2nc3s/c(=C4\C(=O)N(Cc5ccccc5)c5ccc(Br)cc54)c(=O)n3n2)oc2ccccc12. The third kappa shape index (κ3) is 3.38. The first kappa shape index (κ1) is 22.1. The number of halogens is 1. The first-order chi connectivity index (χ1) is 18.0. The van der Waals surface area contributed by atoms with Gasteiger partial charge in [0.15, 0.2) is 5.76 Å². The summed E-state index contributed by atoms with van der Waals surface area (Å²) in [5.41, 5.74) is 4.14. The summed E-state index contributed by atoms with van der Waals surface area (Å²) in [5, 5.41) is 5.46. The van der Waals surface area contributed by atoms with E-state index in [1.54, 1.807) is 4.90 Å². The molecule has 7 rings (SSSR count). The Labute approximate surface area is 222 Å². The van der Waals surface area contributed by atoms with Crippen LogP contribution in [0.2, 0.25) is 0 Å². The van der Waals surface area contributed by atoms with Gasteiger partial charge < -0.3 is 9.32 Å². The molecule has 0 saturated heterocycles. The van der Waals surface area contributed by atoms with Gasteiger partial charge in [-0.3, -0.25) is 9.59 Å². The van der Waals surface area contributed by atoms with Crippen molar-refractivity contribution >= 4 is 60.4 Å². The van der Waals surface area contributed by atoms with Gasteiger partial charge in [-0.2, -0.15) is 9.50 Å². The summed E-state index contributed by atoms with van der Waals surface area (Å²) in [6.07, 6.45) is 0. The minimum Gasteiger partial charge on any atom is -0.452 e. The van der Waals surface area contributed by atoms with Crippen molar-refractivity contribution in [2.24, 2.45) is 0 Å². The van der Waals surface area contributed by atoms with Crippen LogP contribution in [0, 0.1) is 6.92 Å². The average molecular weight is 569 g/mol. The van der Waals surface area contributed by atoms with E-state index in [0.717, 1.165) is 32.3 Å². The van der Waals surface area contributed by atoms with E-state index in [1.165, 1.54) is 15.9 Å². The highest BCUT2D eigenvalue weighted by Crippen LogP contribution is 2.38. The van der Waals surface area contributed by atoms with Gasteiger partial charge in [-0.25, -0.2) is 0 Å². The maximum Gasteiger partial charge on any atom is 0.291 e. The van der Waals surface area contributed by atoms with Crippen LogP contribution in [0.25, 0.3) is 33.1 Å². The molecule has 1 aliphatic rings. The third-order valence-electron chi connectivity index (χ3n) is 6.59. The van der Waals surface area contributed by atoms with Crippen molar-refractivity contribution in [3.05, 3.63) is 109 Å². The summed E-state index contributed by atoms with van der Waals surface area (Å²) in [6.45, 7) is 2.35. The number of hydrogen-bond acceptors (Lipinski definition) is 6. The zero-order valence-corrected chi connectivity index (χ0v) is 21.8. The molecule has 3 aromatic carbocycles. The summed E-state index contributed by atoms with van der Waals surface area (Å²) in [4.78, 5) is 34.0. The van der Waals surface area contributed by atoms with Crippen LogP contribution in [-0.4, -0.2) is 20.5 Å². The molecule has 0 radical (unpaired) electrons. The molecule has 37 heavy (non-hydrogen) atoms. The number of thiazole rings is 1. The quantitative estimate of drug-likeness (QED) is 0.296. The Balaban J connectivity index is 1.39. The van der Waals surface area contributed by atoms with E-state index >= 15 is 0 Å². The lowest BCUT2D eigenvalue weighted by Crippen LogP contribution is -2.32. The molecule has 0 spiro atoms. The van der Waals surface area contributed by atoms with Crippen molar-refractivity contribution in [1.29, 1.82) is 0 Å². The lowest BCUT2D eigenvalue weighted by Gasteiger charge is -2.17. The molecule has 3 aromatic heterocycles. The van der Waals surface area contributed by atoms with Crippen LogP contribution in [0.15, 0.2) is 86.5 Å². The van der Waals surface area contributed by atoms with Gasteiger partial charge >= 0.3 is 0 Å². The molecule has 0 atom stereocenters. The molecule has 9 heteroatoms. The molecule has 0 unspecified atom stereocenters. The number of amides is 1. The average Bonchev–Trinajstić information content (AvgIpc) is 3.62. The summed E-state index contributed by atoms with van der Waals surface area (Å²) >= 11 is 4.68. The predicted octanol–water partition coefficient (Wildman–Crippen LogP) is 5.10. The number of anilines is 1. The van der Waals surface area contributed by atoms with Crippen LogP contribution < -0.4 is 15.0 Å². The number of rotatable bonds is 3. The highest BCUT2D eigenvalue weighted by Gasteiger charge is 2.35. The fourth-order valence-electron chi connectivity index (χ4n) is 4.81. The molecular formula is C28H17BrN4O3S. The zero-order chi connectivity index (χ0) is 25.3. The Hall–Kier alpha value is -4.08. The van der Waals surface area contributed by atoms with Crippen LogP contribution in [0.4, 0.5) is 5.69 Å². The van der Waals surface area contributed by atoms with E-state index < -0.39 is 0 Å². The van der Waals surface area contributed by atoms with Gasteiger partial charge in [0.1, 0.15) is 10.1 Å². The second-order valence-electron chi connectivity index (χ2n) is 8.83. The van der Waals surface area contributed by atoms with Gasteiger partial charge in [0.2, 0.25) is 10.8 Å². The summed E-state index contributed by atoms with van der Waals surface area (Å²) in [6, 6.07) is 23.2. The minimum atomic E-state index is -0.372. The number of fused-ring (bicyclic) bond motifs is 3. The second kappa shape index (κ2) is 8.22. The standard InChI is InChI=1S/C28H17BrN4O3S/c1-15-18-9-5-6-10-21(18)36-23(15)25-30-28-33(31-25)27(35)24(37-28)22-19-13-17(29)11-12-20(19)32(26(22)34)14-16-7-3-2-4-8-16/h2-13H,14H2,1H3/b24-22-. The van der Waals surface area contributed by atoms with Crippen molar-refractivity contribution in [3.8, 4) is 11.6 Å². The summed E-state index contributed by atoms with van der Waals surface area (Å²) < 4.78 is 8.41. The van der Waals surface area contributed by atoms with Crippen molar-refractivity contribution in [3.63, 3.8) is 0 Å². The number of furan rings is 1. The van der Waals surface area contributed by atoms with Crippen LogP contribution >= 0.6 is 27.3 Å². The van der Waals surface area contributed by atoms with Crippen LogP contribution in [0.3, 0.4) is 0 Å². The monoisotopic (exact) mass is 568 g/mol. The van der Waals surface area contributed by atoms with Gasteiger partial charge in [-0.1, -0.05) is 75.8 Å². The minimum absolute atomic E-state index is 0.216. The molecule has 0 bridgehead atoms. The van der Waals surface area contributed by atoms with Crippen molar-refractivity contribution in [2.45, 2.75) is 13.5 Å². The normalized spacial score (nSPS) is 14.8. The van der Waals surface area contributed by atoms with E-state index in [2.05, 4.69) is 26.0 Å². The van der Waals surface area contributed by atoms with E-state index in [1.807, 2.05) is 79.7 Å². The van der Waals surface area contributed by atoms with Crippen molar-refractivity contribution in [1.82, 2.24) is 14.6 Å². The van der Waals surface area contributed by atoms with E-state index in [-0.39, 0.29) is 11.5 Å². The first-order valence-electron chi connectivity index (χ1n) is 11.6. The molecule has 7 nitrogen and oxygen atoms in total. The number of nitrogens with zero attached hydrogens (tertiary/aromatic N) is 4. The molecule has 0 fully saturated rings. The van der Waals surface area contributed by atoms with E-state index in [9.17, 15) is 9.59 Å². The Kier molecular flexibility index (Phi) is 4.92. The molecular weight excluding hydrogens is 552 g/mol. The van der Waals surface area contributed by atoms with E-state index in [4.69, 9.17) is 4.42 Å². The lowest BCUT2D eigenvalue weighted by molar-refractivity contribution is -0.113. The van der Waals surface area contributed by atoms with Crippen molar-refractivity contribution < 1.29 is 9.21 Å².